The maximum absolute atomic E-state index is 12.1. The number of esters is 1. The molecule has 2 rings (SSSR count). The molecule has 0 aliphatic rings. The van der Waals surface area contributed by atoms with Gasteiger partial charge in [-0.2, -0.15) is 0 Å². The van der Waals surface area contributed by atoms with Crippen LogP contribution in [0.25, 0.3) is 0 Å². The van der Waals surface area contributed by atoms with Crippen LogP contribution in [0.15, 0.2) is 42.5 Å². The van der Waals surface area contributed by atoms with Gasteiger partial charge in [-0.1, -0.05) is 23.8 Å². The molecule has 1 N–H and O–H groups in total. The molecule has 2 amide bonds. The smallest absolute Gasteiger partial charge is 0.338 e. The van der Waals surface area contributed by atoms with Gasteiger partial charge in [0.05, 0.1) is 17.0 Å². The predicted molar refractivity (Wildman–Crippen MR) is 106 cm³/mol. The lowest BCUT2D eigenvalue weighted by atomic mass is 10.1. The minimum Gasteiger partial charge on any atom is -0.452 e. The number of hydrogen-bond donors (Lipinski definition) is 1. The standard InChI is InChI=1S/C20H21N3O6/c1-13-4-8-16(9-5-13)21-18(24)11-22(3)19(25)12-29-20(26)15-7-6-14(2)17(10-15)23(27)28/h4-10H,11-12H2,1-3H3,(H,21,24). The van der Waals surface area contributed by atoms with Gasteiger partial charge in [-0.15, -0.1) is 0 Å². The van der Waals surface area contributed by atoms with Gasteiger partial charge in [0.1, 0.15) is 0 Å². The summed E-state index contributed by atoms with van der Waals surface area (Å²) in [7, 11) is 1.40. The Morgan fingerprint density at radius 1 is 1.10 bits per heavy atom. The van der Waals surface area contributed by atoms with Crippen molar-refractivity contribution < 1.29 is 24.0 Å². The first kappa shape index (κ1) is 21.5. The molecule has 0 bridgehead atoms. The molecule has 0 radical (unpaired) electrons. The van der Waals surface area contributed by atoms with Crippen LogP contribution in [0.4, 0.5) is 11.4 Å². The number of aryl methyl sites for hydroxylation is 2. The Kier molecular flexibility index (Phi) is 7.02. The summed E-state index contributed by atoms with van der Waals surface area (Å²) < 4.78 is 4.91. The summed E-state index contributed by atoms with van der Waals surface area (Å²) in [6.45, 7) is 2.66. The average molecular weight is 399 g/mol. The Labute approximate surface area is 167 Å². The van der Waals surface area contributed by atoms with E-state index in [1.165, 1.54) is 19.2 Å². The molecule has 0 aromatic heterocycles. The van der Waals surface area contributed by atoms with E-state index in [-0.39, 0.29) is 17.8 Å². The third kappa shape index (κ3) is 6.13. The molecule has 0 fully saturated rings. The Balaban J connectivity index is 1.87. The number of anilines is 1. The Bertz CT molecular complexity index is 940. The predicted octanol–water partition coefficient (Wildman–Crippen LogP) is 2.47. The number of rotatable bonds is 7. The Morgan fingerprint density at radius 3 is 2.38 bits per heavy atom. The van der Waals surface area contributed by atoms with Gasteiger partial charge in [0, 0.05) is 24.4 Å². The largest absolute Gasteiger partial charge is 0.452 e. The van der Waals surface area contributed by atoms with Crippen LogP contribution in [-0.4, -0.2) is 47.8 Å². The van der Waals surface area contributed by atoms with Crippen molar-refractivity contribution in [3.63, 3.8) is 0 Å². The maximum atomic E-state index is 12.1. The molecule has 0 unspecified atom stereocenters. The fourth-order valence-electron chi connectivity index (χ4n) is 2.39. The maximum Gasteiger partial charge on any atom is 0.338 e. The van der Waals surface area contributed by atoms with E-state index in [0.29, 0.717) is 11.3 Å². The number of carbonyl (C=O) groups is 3. The lowest BCUT2D eigenvalue weighted by molar-refractivity contribution is -0.385. The van der Waals surface area contributed by atoms with Gasteiger partial charge in [-0.25, -0.2) is 4.79 Å². The summed E-state index contributed by atoms with van der Waals surface area (Å²) in [6.07, 6.45) is 0. The van der Waals surface area contributed by atoms with Crippen LogP contribution in [0.3, 0.4) is 0 Å². The second-order valence-corrected chi connectivity index (χ2v) is 6.50. The molecular formula is C20H21N3O6. The van der Waals surface area contributed by atoms with E-state index in [0.717, 1.165) is 16.5 Å². The van der Waals surface area contributed by atoms with E-state index in [1.54, 1.807) is 19.1 Å². The molecule has 0 heterocycles. The zero-order chi connectivity index (χ0) is 21.6. The van der Waals surface area contributed by atoms with E-state index in [1.807, 2.05) is 19.1 Å². The Morgan fingerprint density at radius 2 is 1.76 bits per heavy atom. The SMILES string of the molecule is Cc1ccc(NC(=O)CN(C)C(=O)COC(=O)c2ccc(C)c([N+](=O)[O-])c2)cc1. The van der Waals surface area contributed by atoms with Crippen molar-refractivity contribution in [2.45, 2.75) is 13.8 Å². The number of nitro groups is 1. The van der Waals surface area contributed by atoms with Crippen molar-refractivity contribution in [3.05, 3.63) is 69.3 Å². The quantitative estimate of drug-likeness (QED) is 0.434. The average Bonchev–Trinajstić information content (AvgIpc) is 2.67. The van der Waals surface area contributed by atoms with Crippen LogP contribution in [0.5, 0.6) is 0 Å². The van der Waals surface area contributed by atoms with Gasteiger partial charge < -0.3 is 15.0 Å². The number of nitrogens with zero attached hydrogens (tertiary/aromatic N) is 2. The summed E-state index contributed by atoms with van der Waals surface area (Å²) >= 11 is 0. The first-order valence-electron chi connectivity index (χ1n) is 8.70. The fraction of sp³-hybridized carbons (Fsp3) is 0.250. The monoisotopic (exact) mass is 399 g/mol. The minimum absolute atomic E-state index is 0.0325. The molecule has 152 valence electrons. The minimum atomic E-state index is -0.862. The van der Waals surface area contributed by atoms with Crippen LogP contribution in [-0.2, 0) is 14.3 Å². The van der Waals surface area contributed by atoms with Crippen molar-refractivity contribution in [2.24, 2.45) is 0 Å². The fourth-order valence-corrected chi connectivity index (χ4v) is 2.39. The van der Waals surface area contributed by atoms with E-state index < -0.39 is 29.3 Å². The first-order chi connectivity index (χ1) is 13.7. The van der Waals surface area contributed by atoms with Crippen LogP contribution in [0.1, 0.15) is 21.5 Å². The van der Waals surface area contributed by atoms with Crippen molar-refractivity contribution in [1.82, 2.24) is 4.90 Å². The lowest BCUT2D eigenvalue weighted by Crippen LogP contribution is -2.37. The third-order valence-electron chi connectivity index (χ3n) is 4.11. The number of carbonyl (C=O) groups excluding carboxylic acids is 3. The topological polar surface area (TPSA) is 119 Å². The number of hydrogen-bond acceptors (Lipinski definition) is 6. The molecule has 2 aromatic rings. The molecule has 0 saturated carbocycles. The van der Waals surface area contributed by atoms with Crippen LogP contribution >= 0.6 is 0 Å². The number of benzene rings is 2. The lowest BCUT2D eigenvalue weighted by Gasteiger charge is -2.17. The highest BCUT2D eigenvalue weighted by Crippen LogP contribution is 2.19. The molecule has 9 heteroatoms. The highest BCUT2D eigenvalue weighted by Gasteiger charge is 2.19. The van der Waals surface area contributed by atoms with Crippen LogP contribution < -0.4 is 5.32 Å². The molecule has 0 aliphatic heterocycles. The second kappa shape index (κ2) is 9.45. The first-order valence-corrected chi connectivity index (χ1v) is 8.70. The summed E-state index contributed by atoms with van der Waals surface area (Å²) in [5.74, 6) is -1.84. The molecule has 0 atom stereocenters. The van der Waals surface area contributed by atoms with E-state index in [2.05, 4.69) is 5.32 Å². The number of amides is 2. The Hall–Kier alpha value is -3.75. The van der Waals surface area contributed by atoms with Gasteiger partial charge in [0.2, 0.25) is 5.91 Å². The molecular weight excluding hydrogens is 378 g/mol. The second-order valence-electron chi connectivity index (χ2n) is 6.50. The number of likely N-dealkylation sites (N-methyl/N-ethyl adjacent to an activating group) is 1. The van der Waals surface area contributed by atoms with Crippen molar-refractivity contribution in [1.29, 1.82) is 0 Å². The van der Waals surface area contributed by atoms with Crippen molar-refractivity contribution in [2.75, 3.05) is 25.5 Å². The van der Waals surface area contributed by atoms with E-state index in [4.69, 9.17) is 4.74 Å². The van der Waals surface area contributed by atoms with E-state index in [9.17, 15) is 24.5 Å². The number of nitrogens with one attached hydrogen (secondary N) is 1. The molecule has 0 saturated heterocycles. The van der Waals surface area contributed by atoms with E-state index >= 15 is 0 Å². The highest BCUT2D eigenvalue weighted by atomic mass is 16.6. The van der Waals surface area contributed by atoms with Gasteiger partial charge in [0.15, 0.2) is 6.61 Å². The molecule has 0 spiro atoms. The summed E-state index contributed by atoms with van der Waals surface area (Å²) in [4.78, 5) is 47.7. The molecule has 0 aliphatic carbocycles. The molecule has 2 aromatic carbocycles. The highest BCUT2D eigenvalue weighted by molar-refractivity contribution is 5.95. The molecule has 9 nitrogen and oxygen atoms in total. The summed E-state index contributed by atoms with van der Waals surface area (Å²) in [5.41, 5.74) is 1.82. The van der Waals surface area contributed by atoms with Gasteiger partial charge in [-0.3, -0.25) is 19.7 Å². The zero-order valence-corrected chi connectivity index (χ0v) is 16.3. The number of nitro benzene ring substituents is 1. The van der Waals surface area contributed by atoms with Gasteiger partial charge in [0.25, 0.3) is 11.6 Å². The summed E-state index contributed by atoms with van der Waals surface area (Å²) in [5, 5.41) is 13.6. The van der Waals surface area contributed by atoms with Crippen LogP contribution in [0, 0.1) is 24.0 Å². The zero-order valence-electron chi connectivity index (χ0n) is 16.3. The third-order valence-corrected chi connectivity index (χ3v) is 4.11. The van der Waals surface area contributed by atoms with Gasteiger partial charge in [-0.05, 0) is 32.0 Å². The summed E-state index contributed by atoms with van der Waals surface area (Å²) in [6, 6.07) is 11.1. The van der Waals surface area contributed by atoms with Crippen molar-refractivity contribution in [3.8, 4) is 0 Å². The van der Waals surface area contributed by atoms with Crippen molar-refractivity contribution >= 4 is 29.2 Å². The van der Waals surface area contributed by atoms with Gasteiger partial charge >= 0.3 is 5.97 Å². The molecule has 29 heavy (non-hydrogen) atoms. The normalized spacial score (nSPS) is 10.2. The number of ether oxygens (including phenoxy) is 1. The van der Waals surface area contributed by atoms with Crippen LogP contribution in [0.2, 0.25) is 0 Å².